The fourth-order valence-electron chi connectivity index (χ4n) is 3.92. The van der Waals surface area contributed by atoms with Crippen molar-refractivity contribution in [1.29, 1.82) is 0 Å². The van der Waals surface area contributed by atoms with E-state index in [1.54, 1.807) is 16.8 Å². The smallest absolute Gasteiger partial charge is 0.227 e. The molecule has 2 N–H and O–H groups in total. The topological polar surface area (TPSA) is 80.0 Å². The van der Waals surface area contributed by atoms with Crippen LogP contribution in [0, 0.1) is 0 Å². The highest BCUT2D eigenvalue weighted by molar-refractivity contribution is 7.98. The number of carbonyl (C=O) groups is 1. The fourth-order valence-corrected chi connectivity index (χ4v) is 5.04. The first-order valence-corrected chi connectivity index (χ1v) is 11.1. The SMILES string of the molecule is O=C1CCCC2=C1[C@@H](c1ccc(O)cc1)n1nc(SCc3ccccc3Cl)nc1N2. The van der Waals surface area contributed by atoms with Crippen LogP contribution in [0.25, 0.3) is 0 Å². The van der Waals surface area contributed by atoms with Crippen molar-refractivity contribution in [2.45, 2.75) is 36.2 Å². The van der Waals surface area contributed by atoms with Gasteiger partial charge < -0.3 is 10.4 Å². The zero-order chi connectivity index (χ0) is 20.7. The summed E-state index contributed by atoms with van der Waals surface area (Å²) >= 11 is 7.77. The summed E-state index contributed by atoms with van der Waals surface area (Å²) in [6.07, 6.45) is 2.17. The van der Waals surface area contributed by atoms with E-state index in [1.165, 1.54) is 11.8 Å². The van der Waals surface area contributed by atoms with Crippen LogP contribution in [0.15, 0.2) is 65.0 Å². The molecular formula is C22H19ClN4O2S. The predicted octanol–water partition coefficient (Wildman–Crippen LogP) is 4.95. The van der Waals surface area contributed by atoms with E-state index in [0.29, 0.717) is 23.3 Å². The van der Waals surface area contributed by atoms with Crippen LogP contribution >= 0.6 is 23.4 Å². The maximum Gasteiger partial charge on any atom is 0.227 e. The summed E-state index contributed by atoms with van der Waals surface area (Å²) in [7, 11) is 0. The molecular weight excluding hydrogens is 420 g/mol. The molecule has 0 saturated heterocycles. The number of hydrogen-bond acceptors (Lipinski definition) is 6. The number of phenolic OH excluding ortho intramolecular Hbond substituents is 1. The molecule has 2 aliphatic rings. The molecule has 2 aromatic carbocycles. The first kappa shape index (κ1) is 19.2. The van der Waals surface area contributed by atoms with Gasteiger partial charge in [0.05, 0.1) is 0 Å². The Kier molecular flexibility index (Phi) is 5.00. The van der Waals surface area contributed by atoms with Crippen LogP contribution in [-0.2, 0) is 10.5 Å². The number of nitrogens with one attached hydrogen (secondary N) is 1. The molecule has 0 radical (unpaired) electrons. The van der Waals surface area contributed by atoms with Gasteiger partial charge in [0.15, 0.2) is 5.78 Å². The Balaban J connectivity index is 1.51. The molecule has 30 heavy (non-hydrogen) atoms. The number of carbonyl (C=O) groups excluding carboxylic acids is 1. The number of hydrogen-bond donors (Lipinski definition) is 2. The van der Waals surface area contributed by atoms with Crippen LogP contribution in [0.5, 0.6) is 5.75 Å². The Labute approximate surface area is 183 Å². The number of phenols is 1. The molecule has 5 rings (SSSR count). The molecule has 0 unspecified atom stereocenters. The Morgan fingerprint density at radius 1 is 1.17 bits per heavy atom. The van der Waals surface area contributed by atoms with Crippen molar-refractivity contribution in [2.24, 2.45) is 0 Å². The minimum atomic E-state index is -0.355. The van der Waals surface area contributed by atoms with Crippen molar-refractivity contribution in [2.75, 3.05) is 5.32 Å². The van der Waals surface area contributed by atoms with Crippen molar-refractivity contribution in [1.82, 2.24) is 14.8 Å². The van der Waals surface area contributed by atoms with Gasteiger partial charge in [0.1, 0.15) is 11.8 Å². The second-order valence-corrected chi connectivity index (χ2v) is 8.68. The van der Waals surface area contributed by atoms with Gasteiger partial charge in [-0.25, -0.2) is 4.68 Å². The lowest BCUT2D eigenvalue weighted by atomic mass is 9.85. The normalized spacial score (nSPS) is 18.0. The Morgan fingerprint density at radius 2 is 1.97 bits per heavy atom. The van der Waals surface area contributed by atoms with Gasteiger partial charge in [-0.3, -0.25) is 4.79 Å². The highest BCUT2D eigenvalue weighted by Crippen LogP contribution is 2.41. The molecule has 0 spiro atoms. The largest absolute Gasteiger partial charge is 0.508 e. The van der Waals surface area contributed by atoms with E-state index in [1.807, 2.05) is 36.4 Å². The van der Waals surface area contributed by atoms with Gasteiger partial charge in [-0.1, -0.05) is 53.7 Å². The molecule has 0 saturated carbocycles. The zero-order valence-electron chi connectivity index (χ0n) is 16.0. The molecule has 1 atom stereocenters. The summed E-state index contributed by atoms with van der Waals surface area (Å²) in [6, 6.07) is 14.3. The third-order valence-corrected chi connectivity index (χ3v) is 6.63. The maximum absolute atomic E-state index is 12.8. The minimum absolute atomic E-state index is 0.133. The van der Waals surface area contributed by atoms with E-state index in [0.717, 1.165) is 40.3 Å². The van der Waals surface area contributed by atoms with Gasteiger partial charge in [-0.15, -0.1) is 5.10 Å². The summed E-state index contributed by atoms with van der Waals surface area (Å²) in [4.78, 5) is 17.5. The first-order valence-electron chi connectivity index (χ1n) is 9.75. The van der Waals surface area contributed by atoms with E-state index in [9.17, 15) is 9.90 Å². The van der Waals surface area contributed by atoms with Gasteiger partial charge in [-0.2, -0.15) is 4.98 Å². The number of rotatable bonds is 4. The molecule has 6 nitrogen and oxygen atoms in total. The summed E-state index contributed by atoms with van der Waals surface area (Å²) in [5.41, 5.74) is 3.58. The molecule has 1 aliphatic heterocycles. The minimum Gasteiger partial charge on any atom is -0.508 e. The van der Waals surface area contributed by atoms with E-state index >= 15 is 0 Å². The third kappa shape index (κ3) is 3.48. The molecule has 1 aliphatic carbocycles. The van der Waals surface area contributed by atoms with Crippen molar-refractivity contribution in [3.05, 3.63) is 76.0 Å². The van der Waals surface area contributed by atoms with Crippen LogP contribution in [0.1, 0.15) is 36.4 Å². The average Bonchev–Trinajstić information content (AvgIpc) is 3.15. The lowest BCUT2D eigenvalue weighted by Gasteiger charge is -2.32. The number of benzene rings is 2. The van der Waals surface area contributed by atoms with Gasteiger partial charge in [0, 0.05) is 28.5 Å². The standard InChI is InChI=1S/C22H19ClN4O2S/c23-16-5-2-1-4-14(16)12-30-22-25-21-24-17-6-3-7-18(29)19(17)20(27(21)26-22)13-8-10-15(28)11-9-13/h1-2,4-5,8-11,20,28H,3,6-7,12H2,(H,24,25,26)/t20-/m1/s1. The average molecular weight is 439 g/mol. The van der Waals surface area contributed by atoms with Gasteiger partial charge in [0.2, 0.25) is 11.1 Å². The number of fused-ring (bicyclic) bond motifs is 1. The highest BCUT2D eigenvalue weighted by Gasteiger charge is 2.36. The molecule has 0 amide bonds. The summed E-state index contributed by atoms with van der Waals surface area (Å²) in [6.45, 7) is 0. The first-order chi connectivity index (χ1) is 14.6. The lowest BCUT2D eigenvalue weighted by Crippen LogP contribution is -2.31. The molecule has 152 valence electrons. The van der Waals surface area contributed by atoms with Crippen molar-refractivity contribution in [3.63, 3.8) is 0 Å². The van der Waals surface area contributed by atoms with Crippen LogP contribution in [0.4, 0.5) is 5.95 Å². The number of aromatic nitrogens is 3. The van der Waals surface area contributed by atoms with Gasteiger partial charge in [0.25, 0.3) is 0 Å². The summed E-state index contributed by atoms with van der Waals surface area (Å²) in [5, 5.41) is 19.1. The van der Waals surface area contributed by atoms with Crippen molar-refractivity contribution in [3.8, 4) is 5.75 Å². The van der Waals surface area contributed by atoms with E-state index in [-0.39, 0.29) is 17.6 Å². The number of Topliss-reactive ketones (excluding diaryl/α,β-unsaturated/α-hetero) is 1. The van der Waals surface area contributed by atoms with E-state index in [4.69, 9.17) is 16.7 Å². The molecule has 2 heterocycles. The number of allylic oxidation sites excluding steroid dienone is 2. The van der Waals surface area contributed by atoms with Gasteiger partial charge in [-0.05, 0) is 42.2 Å². The quantitative estimate of drug-likeness (QED) is 0.561. The lowest BCUT2D eigenvalue weighted by molar-refractivity contribution is -0.116. The molecule has 0 bridgehead atoms. The third-order valence-electron chi connectivity index (χ3n) is 5.37. The Hall–Kier alpha value is -2.77. The number of nitrogens with zero attached hydrogens (tertiary/aromatic N) is 3. The molecule has 3 aromatic rings. The van der Waals surface area contributed by atoms with Crippen LogP contribution in [0.2, 0.25) is 5.02 Å². The summed E-state index contributed by atoms with van der Waals surface area (Å²) < 4.78 is 1.78. The van der Waals surface area contributed by atoms with Crippen LogP contribution in [-0.4, -0.2) is 25.7 Å². The van der Waals surface area contributed by atoms with E-state index in [2.05, 4.69) is 10.3 Å². The van der Waals surface area contributed by atoms with Crippen LogP contribution in [0.3, 0.4) is 0 Å². The van der Waals surface area contributed by atoms with Crippen molar-refractivity contribution < 1.29 is 9.90 Å². The Morgan fingerprint density at radius 3 is 2.77 bits per heavy atom. The number of anilines is 1. The summed E-state index contributed by atoms with van der Waals surface area (Å²) in [5.74, 6) is 1.60. The molecule has 1 aromatic heterocycles. The molecule has 0 fully saturated rings. The van der Waals surface area contributed by atoms with E-state index < -0.39 is 0 Å². The fraction of sp³-hybridized carbons (Fsp3) is 0.227. The second kappa shape index (κ2) is 7.81. The second-order valence-electron chi connectivity index (χ2n) is 7.33. The predicted molar refractivity (Wildman–Crippen MR) is 117 cm³/mol. The number of ketones is 1. The Bertz CT molecular complexity index is 1160. The van der Waals surface area contributed by atoms with Crippen LogP contribution < -0.4 is 5.32 Å². The molecule has 8 heteroatoms. The number of halogens is 1. The number of thioether (sulfide) groups is 1. The van der Waals surface area contributed by atoms with Gasteiger partial charge >= 0.3 is 0 Å². The maximum atomic E-state index is 12.8. The highest BCUT2D eigenvalue weighted by atomic mass is 35.5. The monoisotopic (exact) mass is 438 g/mol. The zero-order valence-corrected chi connectivity index (χ0v) is 17.6. The number of aromatic hydroxyl groups is 1. The van der Waals surface area contributed by atoms with Crippen molar-refractivity contribution >= 4 is 35.1 Å².